The van der Waals surface area contributed by atoms with Crippen LogP contribution in [0.4, 0.5) is 10.9 Å². The summed E-state index contributed by atoms with van der Waals surface area (Å²) in [5.41, 5.74) is 5.21. The summed E-state index contributed by atoms with van der Waals surface area (Å²) < 4.78 is 32.4. The van der Waals surface area contributed by atoms with Gasteiger partial charge in [0, 0.05) is 11.6 Å². The number of nitrogens with one attached hydrogen (secondary N) is 2. The predicted molar refractivity (Wildman–Crippen MR) is 108 cm³/mol. The van der Waals surface area contributed by atoms with Crippen LogP contribution in [0.15, 0.2) is 34.9 Å². The van der Waals surface area contributed by atoms with Gasteiger partial charge in [-0.15, -0.1) is 11.3 Å². The van der Waals surface area contributed by atoms with Crippen LogP contribution in [0.3, 0.4) is 0 Å². The number of carbonyl (C=O) groups is 3. The first kappa shape index (κ1) is 26.3. The van der Waals surface area contributed by atoms with Gasteiger partial charge in [-0.25, -0.2) is 9.97 Å². The molecule has 14 nitrogen and oxygen atoms in total. The average Bonchev–Trinajstić information content (AvgIpc) is 3.13. The molecule has 0 bridgehead atoms. The smallest absolute Gasteiger partial charge is 1.00 e. The molecular formula is C15H16KN7O7S2. The van der Waals surface area contributed by atoms with Crippen molar-refractivity contribution in [3.63, 3.8) is 0 Å². The molecule has 2 atom stereocenters. The van der Waals surface area contributed by atoms with Gasteiger partial charge in [0.15, 0.2) is 16.9 Å². The van der Waals surface area contributed by atoms with E-state index < -0.39 is 40.1 Å². The minimum atomic E-state index is -5.08. The topological polar surface area (TPSA) is 206 Å². The largest absolute Gasteiger partial charge is 1.00 e. The molecule has 3 heterocycles. The molecule has 3 rings (SSSR count). The first-order valence-electron chi connectivity index (χ1n) is 8.29. The number of oxime groups is 1. The summed E-state index contributed by atoms with van der Waals surface area (Å²) in [4.78, 5) is 49.9. The normalized spacial score (nSPS) is 18.2. The zero-order chi connectivity index (χ0) is 22.8. The van der Waals surface area contributed by atoms with Gasteiger partial charge in [0.2, 0.25) is 0 Å². The molecule has 5 N–H and O–H groups in total. The Morgan fingerprint density at radius 2 is 2.12 bits per heavy atom. The molecule has 3 amide bonds. The summed E-state index contributed by atoms with van der Waals surface area (Å²) in [5, 5.41) is 9.59. The molecule has 0 saturated carbocycles. The molecule has 0 aromatic carbocycles. The second-order valence-electron chi connectivity index (χ2n) is 5.91. The number of nitrogens with zero attached hydrogens (tertiary/aromatic N) is 4. The Bertz CT molecular complexity index is 1160. The van der Waals surface area contributed by atoms with Gasteiger partial charge in [0.05, 0.1) is 0 Å². The van der Waals surface area contributed by atoms with Crippen LogP contribution < -0.4 is 67.8 Å². The Morgan fingerprint density at radius 1 is 1.41 bits per heavy atom. The van der Waals surface area contributed by atoms with Crippen molar-refractivity contribution in [3.8, 4) is 0 Å². The molecule has 1 aliphatic heterocycles. The van der Waals surface area contributed by atoms with E-state index in [9.17, 15) is 27.4 Å². The van der Waals surface area contributed by atoms with Gasteiger partial charge in [-0.3, -0.25) is 18.9 Å². The van der Waals surface area contributed by atoms with Gasteiger partial charge in [-0.2, -0.15) is 12.7 Å². The quantitative estimate of drug-likeness (QED) is 0.0929. The van der Waals surface area contributed by atoms with E-state index in [0.29, 0.717) is 0 Å². The van der Waals surface area contributed by atoms with Crippen LogP contribution in [0.1, 0.15) is 7.12 Å². The van der Waals surface area contributed by atoms with Crippen molar-refractivity contribution in [2.24, 2.45) is 5.16 Å². The number of nitrogen functional groups attached to an aromatic ring is 1. The molecule has 166 valence electrons. The van der Waals surface area contributed by atoms with Gasteiger partial charge < -0.3 is 22.6 Å². The molecule has 17 heteroatoms. The number of β-lactam (4-membered cyclic amide) rings is 1. The number of hydrogen-bond acceptors (Lipinski definition) is 11. The maximum Gasteiger partial charge on any atom is 1.00 e. The minimum absolute atomic E-state index is 0. The Kier molecular flexibility index (Phi) is 8.82. The summed E-state index contributed by atoms with van der Waals surface area (Å²) in [7, 11) is -3.91. The van der Waals surface area contributed by atoms with Gasteiger partial charge in [0.25, 0.3) is 17.7 Å². The van der Waals surface area contributed by atoms with Crippen LogP contribution in [0.5, 0.6) is 0 Å². The van der Waals surface area contributed by atoms with E-state index in [0.717, 1.165) is 11.3 Å². The van der Waals surface area contributed by atoms with Crippen LogP contribution in [0.2, 0.25) is 0 Å². The SMILES string of the molecule is CO/N=C(\C(=O)NC1C(=O)N(S(=O)(=O)O)C1C(=O)Nc1ccccn1)c1csc(N)n1.[H-].[K+]. The van der Waals surface area contributed by atoms with Gasteiger partial charge in [0.1, 0.15) is 24.7 Å². The number of pyridine rings is 1. The van der Waals surface area contributed by atoms with Crippen molar-refractivity contribution in [1.29, 1.82) is 0 Å². The molecule has 2 aromatic heterocycles. The molecule has 1 fully saturated rings. The van der Waals surface area contributed by atoms with Crippen LogP contribution in [0, 0.1) is 0 Å². The van der Waals surface area contributed by atoms with Crippen LogP contribution in [-0.2, 0) is 29.5 Å². The summed E-state index contributed by atoms with van der Waals surface area (Å²) >= 11 is 1.02. The monoisotopic (exact) mass is 509 g/mol. The predicted octanol–water partition coefficient (Wildman–Crippen LogP) is -4.28. The van der Waals surface area contributed by atoms with Crippen molar-refractivity contribution in [1.82, 2.24) is 19.6 Å². The third-order valence-corrected chi connectivity index (χ3v) is 5.51. The zero-order valence-electron chi connectivity index (χ0n) is 17.6. The molecule has 2 aromatic rings. The van der Waals surface area contributed by atoms with Crippen molar-refractivity contribution >= 4 is 56.0 Å². The van der Waals surface area contributed by atoms with Crippen molar-refractivity contribution in [3.05, 3.63) is 35.5 Å². The van der Waals surface area contributed by atoms with E-state index in [1.54, 1.807) is 12.1 Å². The van der Waals surface area contributed by atoms with Crippen molar-refractivity contribution in [2.75, 3.05) is 18.2 Å². The van der Waals surface area contributed by atoms with Gasteiger partial charge in [-0.05, 0) is 12.1 Å². The van der Waals surface area contributed by atoms with E-state index in [4.69, 9.17) is 5.73 Å². The molecule has 0 aliphatic carbocycles. The fourth-order valence-electron chi connectivity index (χ4n) is 2.66. The standard InChI is InChI=1S/C15H15N7O7S2.K.H/c1-29-21-9(7-6-30-15(16)18-7)12(23)20-10-11(22(14(10)25)31(26,27)28)13(24)19-8-4-2-3-5-17-8;;/h2-6,10-11H,1H3,(H2,16,18)(H,20,23)(H,17,19,24)(H,26,27,28);;/q;+1;-1/b21-9-;;. The van der Waals surface area contributed by atoms with E-state index in [1.807, 2.05) is 0 Å². The second-order valence-corrected chi connectivity index (χ2v) is 8.08. The third kappa shape index (κ3) is 5.67. The van der Waals surface area contributed by atoms with Crippen LogP contribution >= 0.6 is 11.3 Å². The average molecular weight is 510 g/mol. The molecule has 32 heavy (non-hydrogen) atoms. The minimum Gasteiger partial charge on any atom is -1.00 e. The second kappa shape index (κ2) is 10.7. The Morgan fingerprint density at radius 3 is 2.66 bits per heavy atom. The first-order chi connectivity index (χ1) is 14.6. The van der Waals surface area contributed by atoms with Crippen molar-refractivity contribution < 1.29 is 85.0 Å². The molecule has 1 aliphatic rings. The van der Waals surface area contributed by atoms with E-state index in [2.05, 4.69) is 30.6 Å². The molecular weight excluding hydrogens is 493 g/mol. The molecule has 2 unspecified atom stereocenters. The summed E-state index contributed by atoms with van der Waals surface area (Å²) in [6.45, 7) is 0. The number of aromatic nitrogens is 2. The number of amides is 3. The Hall–Kier alpha value is -1.99. The number of nitrogens with two attached hydrogens (primary N) is 1. The number of carbonyl (C=O) groups excluding carboxylic acids is 3. The summed E-state index contributed by atoms with van der Waals surface area (Å²) in [6, 6.07) is 1.15. The molecule has 0 radical (unpaired) electrons. The Labute approximate surface area is 229 Å². The maximum absolute atomic E-state index is 12.6. The number of anilines is 2. The van der Waals surface area contributed by atoms with E-state index >= 15 is 0 Å². The maximum atomic E-state index is 12.6. The third-order valence-electron chi connectivity index (χ3n) is 3.93. The van der Waals surface area contributed by atoms with E-state index in [1.165, 1.54) is 24.8 Å². The van der Waals surface area contributed by atoms with Crippen LogP contribution in [0.25, 0.3) is 0 Å². The zero-order valence-corrected chi connectivity index (χ0v) is 21.4. The Balaban J connectivity index is 0.00000272. The summed E-state index contributed by atoms with van der Waals surface area (Å²) in [5.74, 6) is -3.17. The van der Waals surface area contributed by atoms with Gasteiger partial charge >= 0.3 is 61.7 Å². The first-order valence-corrected chi connectivity index (χ1v) is 10.6. The van der Waals surface area contributed by atoms with Crippen molar-refractivity contribution in [2.45, 2.75) is 12.1 Å². The number of hydrogen-bond donors (Lipinski definition) is 4. The van der Waals surface area contributed by atoms with Crippen LogP contribution in [-0.4, -0.2) is 69.9 Å². The molecule has 0 spiro atoms. The number of rotatable bonds is 7. The fourth-order valence-corrected chi connectivity index (χ4v) is 4.05. The number of thiazole rings is 1. The van der Waals surface area contributed by atoms with Gasteiger partial charge in [-0.1, -0.05) is 11.2 Å². The van der Waals surface area contributed by atoms with E-state index in [-0.39, 0.29) is 79.5 Å². The fraction of sp³-hybridized carbons (Fsp3) is 0.200. The summed E-state index contributed by atoms with van der Waals surface area (Å²) in [6.07, 6.45) is 1.37. The molecule has 1 saturated heterocycles.